The van der Waals surface area contributed by atoms with Crippen molar-refractivity contribution < 1.29 is 9.66 Å². The number of nitro groups is 1. The first-order chi connectivity index (χ1) is 14.8. The molecule has 0 aliphatic heterocycles. The van der Waals surface area contributed by atoms with Crippen molar-refractivity contribution in [1.82, 2.24) is 14.0 Å². The molecule has 0 aliphatic carbocycles. The van der Waals surface area contributed by atoms with Crippen LogP contribution in [0.25, 0.3) is 0 Å². The van der Waals surface area contributed by atoms with Gasteiger partial charge in [-0.1, -0.05) is 6.92 Å². The van der Waals surface area contributed by atoms with Crippen molar-refractivity contribution in [3.05, 3.63) is 60.8 Å². The van der Waals surface area contributed by atoms with Gasteiger partial charge in [0.15, 0.2) is 0 Å². The van der Waals surface area contributed by atoms with Crippen molar-refractivity contribution in [2.75, 3.05) is 38.1 Å². The number of likely N-dealkylation sites (N-methyl/N-ethyl adjacent to an activating group) is 1. The van der Waals surface area contributed by atoms with Crippen LogP contribution in [0.15, 0.2) is 33.9 Å². The second kappa shape index (κ2) is 11.3. The van der Waals surface area contributed by atoms with E-state index in [4.69, 9.17) is 4.74 Å². The maximum atomic E-state index is 12.0. The van der Waals surface area contributed by atoms with Gasteiger partial charge >= 0.3 is 5.69 Å². The van der Waals surface area contributed by atoms with Gasteiger partial charge < -0.3 is 15.0 Å². The smallest absolute Gasteiger partial charge is 0.332 e. The van der Waals surface area contributed by atoms with E-state index in [1.807, 2.05) is 6.92 Å². The minimum Gasteiger partial charge on any atom is -0.493 e. The Bertz CT molecular complexity index is 1010. The van der Waals surface area contributed by atoms with E-state index in [1.54, 1.807) is 13.1 Å². The molecule has 0 unspecified atom stereocenters. The van der Waals surface area contributed by atoms with Crippen molar-refractivity contribution >= 4 is 11.5 Å². The predicted octanol–water partition coefficient (Wildman–Crippen LogP) is 1.76. The summed E-state index contributed by atoms with van der Waals surface area (Å²) in [6, 6.07) is 6.17. The molecule has 0 saturated carbocycles. The number of anilines is 1. The fourth-order valence-electron chi connectivity index (χ4n) is 3.32. The van der Waals surface area contributed by atoms with Crippen LogP contribution >= 0.6 is 0 Å². The number of hydrogen-bond donors (Lipinski definition) is 1. The summed E-state index contributed by atoms with van der Waals surface area (Å²) in [6.45, 7) is 7.42. The molecule has 0 atom stereocenters. The molecule has 0 spiro atoms. The van der Waals surface area contributed by atoms with Crippen LogP contribution in [-0.2, 0) is 20.5 Å². The monoisotopic (exact) mass is 433 g/mol. The average Bonchev–Trinajstić information content (AvgIpc) is 2.75. The molecule has 1 N–H and O–H groups in total. The van der Waals surface area contributed by atoms with E-state index in [1.165, 1.54) is 29.8 Å². The third kappa shape index (κ3) is 6.42. The van der Waals surface area contributed by atoms with E-state index in [0.717, 1.165) is 42.6 Å². The van der Waals surface area contributed by atoms with Gasteiger partial charge in [-0.25, -0.2) is 4.79 Å². The topological polar surface area (TPSA) is 112 Å². The second-order valence-electron chi connectivity index (χ2n) is 7.22. The highest BCUT2D eigenvalue weighted by atomic mass is 16.6. The van der Waals surface area contributed by atoms with Crippen LogP contribution < -0.4 is 21.3 Å². The molecular formula is C21H31N5O5. The van der Waals surface area contributed by atoms with E-state index in [2.05, 4.69) is 17.1 Å². The van der Waals surface area contributed by atoms with E-state index in [9.17, 15) is 19.7 Å². The highest BCUT2D eigenvalue weighted by Crippen LogP contribution is 2.26. The first-order valence-corrected chi connectivity index (χ1v) is 10.4. The number of aryl methyl sites for hydroxylation is 1. The summed E-state index contributed by atoms with van der Waals surface area (Å²) in [7, 11) is 3.08. The fourth-order valence-corrected chi connectivity index (χ4v) is 3.32. The molecule has 2 aromatic rings. The molecule has 0 radical (unpaired) electrons. The van der Waals surface area contributed by atoms with Crippen LogP contribution in [0, 0.1) is 10.1 Å². The molecule has 2 rings (SSSR count). The van der Waals surface area contributed by atoms with Crippen molar-refractivity contribution in [2.45, 2.75) is 26.7 Å². The number of nitrogens with one attached hydrogen (secondary N) is 1. The molecule has 1 aromatic carbocycles. The molecule has 10 nitrogen and oxygen atoms in total. The van der Waals surface area contributed by atoms with Gasteiger partial charge in [0.25, 0.3) is 11.2 Å². The molecule has 31 heavy (non-hydrogen) atoms. The van der Waals surface area contributed by atoms with Crippen molar-refractivity contribution in [1.29, 1.82) is 0 Å². The lowest BCUT2D eigenvalue weighted by Crippen LogP contribution is -2.38. The first-order valence-electron chi connectivity index (χ1n) is 10.4. The summed E-state index contributed by atoms with van der Waals surface area (Å²) in [5.41, 5.74) is 0.275. The Hall–Kier alpha value is -3.14. The third-order valence-electron chi connectivity index (χ3n) is 5.19. The Balaban J connectivity index is 1.90. The SMILES string of the molecule is CCOc1cc([N+](=O)[O-])ccc1CCCN(CC)CCNc1cc(=O)n(C)c(=O)n1C. The Morgan fingerprint density at radius 2 is 1.87 bits per heavy atom. The molecule has 0 saturated heterocycles. The molecule has 0 amide bonds. The lowest BCUT2D eigenvalue weighted by Gasteiger charge is -2.21. The lowest BCUT2D eigenvalue weighted by atomic mass is 10.1. The Kier molecular flexibility index (Phi) is 8.80. The Labute approximate surface area is 181 Å². The molecular weight excluding hydrogens is 402 g/mol. The molecule has 0 aliphatic rings. The summed E-state index contributed by atoms with van der Waals surface area (Å²) in [5.74, 6) is 1.06. The molecule has 0 bridgehead atoms. The Morgan fingerprint density at radius 3 is 2.52 bits per heavy atom. The summed E-state index contributed by atoms with van der Waals surface area (Å²) < 4.78 is 8.07. The highest BCUT2D eigenvalue weighted by molar-refractivity contribution is 5.44. The lowest BCUT2D eigenvalue weighted by molar-refractivity contribution is -0.384. The van der Waals surface area contributed by atoms with Crippen LogP contribution in [0.2, 0.25) is 0 Å². The van der Waals surface area contributed by atoms with Crippen molar-refractivity contribution in [3.63, 3.8) is 0 Å². The van der Waals surface area contributed by atoms with Crippen LogP contribution in [-0.4, -0.2) is 51.7 Å². The number of nitrogens with zero attached hydrogens (tertiary/aromatic N) is 4. The molecule has 10 heteroatoms. The maximum absolute atomic E-state index is 12.0. The highest BCUT2D eigenvalue weighted by Gasteiger charge is 2.12. The number of aromatic nitrogens is 2. The van der Waals surface area contributed by atoms with Gasteiger partial charge in [-0.05, 0) is 44.5 Å². The number of nitro benzene ring substituents is 1. The standard InChI is InChI=1S/C21H31N5O5/c1-5-25(13-11-22-19-15-20(27)24(4)21(28)23(19)3)12-7-8-16-9-10-17(26(29)30)14-18(16)31-6-2/h9-10,14-15,22H,5-8,11-13H2,1-4H3. The predicted molar refractivity (Wildman–Crippen MR) is 120 cm³/mol. The summed E-state index contributed by atoms with van der Waals surface area (Å²) >= 11 is 0. The quantitative estimate of drug-likeness (QED) is 0.401. The number of rotatable bonds is 12. The van der Waals surface area contributed by atoms with E-state index in [-0.39, 0.29) is 16.9 Å². The minimum atomic E-state index is -0.420. The van der Waals surface area contributed by atoms with Crippen LogP contribution in [0.4, 0.5) is 11.5 Å². The van der Waals surface area contributed by atoms with Gasteiger partial charge in [0.2, 0.25) is 0 Å². The maximum Gasteiger partial charge on any atom is 0.332 e. The molecule has 0 fully saturated rings. The zero-order valence-corrected chi connectivity index (χ0v) is 18.6. The summed E-state index contributed by atoms with van der Waals surface area (Å²) in [6.07, 6.45) is 1.62. The zero-order valence-electron chi connectivity index (χ0n) is 18.6. The molecule has 1 heterocycles. The van der Waals surface area contributed by atoms with Gasteiger partial charge in [0.1, 0.15) is 11.6 Å². The van der Waals surface area contributed by atoms with Gasteiger partial charge in [0, 0.05) is 39.3 Å². The number of non-ortho nitro benzene ring substituents is 1. The van der Waals surface area contributed by atoms with Crippen molar-refractivity contribution in [2.24, 2.45) is 14.1 Å². The fraction of sp³-hybridized carbons (Fsp3) is 0.524. The molecule has 1 aromatic heterocycles. The number of ether oxygens (including phenoxy) is 1. The van der Waals surface area contributed by atoms with Gasteiger partial charge in [-0.2, -0.15) is 0 Å². The Morgan fingerprint density at radius 1 is 1.13 bits per heavy atom. The van der Waals surface area contributed by atoms with Gasteiger partial charge in [-0.15, -0.1) is 0 Å². The van der Waals surface area contributed by atoms with E-state index >= 15 is 0 Å². The molecule has 170 valence electrons. The van der Waals surface area contributed by atoms with E-state index < -0.39 is 4.92 Å². The van der Waals surface area contributed by atoms with Crippen LogP contribution in [0.1, 0.15) is 25.8 Å². The van der Waals surface area contributed by atoms with Gasteiger partial charge in [0.05, 0.1) is 17.6 Å². The van der Waals surface area contributed by atoms with Crippen LogP contribution in [0.3, 0.4) is 0 Å². The third-order valence-corrected chi connectivity index (χ3v) is 5.19. The summed E-state index contributed by atoms with van der Waals surface area (Å²) in [5, 5.41) is 14.2. The summed E-state index contributed by atoms with van der Waals surface area (Å²) in [4.78, 5) is 36.7. The normalized spacial score (nSPS) is 11.0. The average molecular weight is 434 g/mol. The van der Waals surface area contributed by atoms with Crippen LogP contribution in [0.5, 0.6) is 5.75 Å². The minimum absolute atomic E-state index is 0.0265. The van der Waals surface area contributed by atoms with Crippen molar-refractivity contribution in [3.8, 4) is 5.75 Å². The second-order valence-corrected chi connectivity index (χ2v) is 7.22. The van der Waals surface area contributed by atoms with E-state index in [0.29, 0.717) is 24.7 Å². The zero-order chi connectivity index (χ0) is 23.0. The number of hydrogen-bond acceptors (Lipinski definition) is 7. The first kappa shape index (κ1) is 24.1. The van der Waals surface area contributed by atoms with Gasteiger partial charge in [-0.3, -0.25) is 24.0 Å². The largest absolute Gasteiger partial charge is 0.493 e. The number of benzene rings is 1.